The van der Waals surface area contributed by atoms with E-state index < -0.39 is 0 Å². The zero-order valence-electron chi connectivity index (χ0n) is 30.0. The van der Waals surface area contributed by atoms with Gasteiger partial charge in [-0.05, 0) is 93.5 Å². The minimum Gasteiger partial charge on any atom is -0.456 e. The molecule has 3 heteroatoms. The van der Waals surface area contributed by atoms with Gasteiger partial charge < -0.3 is 13.7 Å². The van der Waals surface area contributed by atoms with Gasteiger partial charge in [-0.15, -0.1) is 0 Å². The molecule has 3 nitrogen and oxygen atoms in total. The Morgan fingerprint density at radius 2 is 0.944 bits per heavy atom. The lowest BCUT2D eigenvalue weighted by Crippen LogP contribution is -2.16. The number of benzene rings is 8. The van der Waals surface area contributed by atoms with Crippen LogP contribution in [0.1, 0.15) is 25.0 Å². The molecule has 2 heterocycles. The van der Waals surface area contributed by atoms with Crippen LogP contribution in [0.15, 0.2) is 185 Å². The van der Waals surface area contributed by atoms with Gasteiger partial charge in [-0.1, -0.05) is 129 Å². The molecule has 11 rings (SSSR count). The highest BCUT2D eigenvalue weighted by Gasteiger charge is 2.36. The highest BCUT2D eigenvalue weighted by Crippen LogP contribution is 2.51. The van der Waals surface area contributed by atoms with E-state index in [2.05, 4.69) is 189 Å². The van der Waals surface area contributed by atoms with E-state index in [1.807, 2.05) is 6.07 Å². The maximum atomic E-state index is 6.75. The summed E-state index contributed by atoms with van der Waals surface area (Å²) in [6, 6.07) is 62.9. The summed E-state index contributed by atoms with van der Waals surface area (Å²) in [6.07, 6.45) is 0. The van der Waals surface area contributed by atoms with Gasteiger partial charge in [0.25, 0.3) is 0 Å². The first kappa shape index (κ1) is 30.8. The fraction of sp³-hybridized carbons (Fsp3) is 0.0588. The van der Waals surface area contributed by atoms with Gasteiger partial charge in [-0.25, -0.2) is 0 Å². The molecule has 54 heavy (non-hydrogen) atoms. The number of anilines is 3. The summed E-state index contributed by atoms with van der Waals surface area (Å²) in [5, 5.41) is 4.23. The number of para-hydroxylation sites is 1. The lowest BCUT2D eigenvalue weighted by atomic mass is 9.82. The molecule has 0 saturated carbocycles. The van der Waals surface area contributed by atoms with E-state index >= 15 is 0 Å². The van der Waals surface area contributed by atoms with Crippen LogP contribution < -0.4 is 4.90 Å². The SMILES string of the molecule is CC1(C)c2ccccc2-c2ccc(N(c3ccc4c(c3)oc3cc5c(cc34)oc3ccc(-c4ccccc4)cc35)c3ccccc3-c3ccccc3)cc21. The van der Waals surface area contributed by atoms with Gasteiger partial charge in [0.05, 0.1) is 5.69 Å². The molecule has 10 aromatic rings. The normalized spacial score (nSPS) is 13.1. The lowest BCUT2D eigenvalue weighted by Gasteiger charge is -2.29. The standard InChI is InChI=1S/C51H35NO2/c1-51(2)44-19-11-9-18-38(44)39-24-22-35(28-45(39)51)52(46-20-12-10-17-37(46)33-15-7-4-8-16-33)36-23-25-40-42-30-50-43(31-49(42)54-48(40)29-36)41-27-34(21-26-47(41)53-50)32-13-5-3-6-14-32/h3-31H,1-2H3. The van der Waals surface area contributed by atoms with E-state index in [-0.39, 0.29) is 5.41 Å². The summed E-state index contributed by atoms with van der Waals surface area (Å²) >= 11 is 0. The fourth-order valence-corrected chi connectivity index (χ4v) is 8.77. The molecule has 0 aliphatic heterocycles. The van der Waals surface area contributed by atoms with Crippen LogP contribution >= 0.6 is 0 Å². The molecule has 8 aromatic carbocycles. The molecule has 0 radical (unpaired) electrons. The Labute approximate surface area is 313 Å². The Kier molecular flexibility index (Phi) is 6.60. The minimum absolute atomic E-state index is 0.127. The van der Waals surface area contributed by atoms with Crippen molar-refractivity contribution in [3.8, 4) is 33.4 Å². The summed E-state index contributed by atoms with van der Waals surface area (Å²) in [5.74, 6) is 0. The first-order valence-electron chi connectivity index (χ1n) is 18.6. The third-order valence-corrected chi connectivity index (χ3v) is 11.5. The van der Waals surface area contributed by atoms with Crippen LogP contribution in [0.25, 0.3) is 77.3 Å². The summed E-state index contributed by atoms with van der Waals surface area (Å²) in [6.45, 7) is 4.68. The molecule has 0 unspecified atom stereocenters. The second-order valence-electron chi connectivity index (χ2n) is 14.9. The van der Waals surface area contributed by atoms with E-state index in [1.54, 1.807) is 0 Å². The van der Waals surface area contributed by atoms with E-state index in [4.69, 9.17) is 8.83 Å². The number of hydrogen-bond donors (Lipinski definition) is 0. The van der Waals surface area contributed by atoms with Gasteiger partial charge in [-0.3, -0.25) is 0 Å². The molecular weight excluding hydrogens is 659 g/mol. The van der Waals surface area contributed by atoms with Crippen molar-refractivity contribution in [1.29, 1.82) is 0 Å². The average molecular weight is 694 g/mol. The quantitative estimate of drug-likeness (QED) is 0.180. The first-order valence-corrected chi connectivity index (χ1v) is 18.6. The predicted molar refractivity (Wildman–Crippen MR) is 224 cm³/mol. The maximum absolute atomic E-state index is 6.75. The van der Waals surface area contributed by atoms with Crippen LogP contribution in [0.5, 0.6) is 0 Å². The lowest BCUT2D eigenvalue weighted by molar-refractivity contribution is 0.660. The molecule has 0 saturated heterocycles. The van der Waals surface area contributed by atoms with Gasteiger partial charge in [0.15, 0.2) is 0 Å². The fourth-order valence-electron chi connectivity index (χ4n) is 8.77. The van der Waals surface area contributed by atoms with Crippen LogP contribution in [0.3, 0.4) is 0 Å². The van der Waals surface area contributed by atoms with Crippen molar-refractivity contribution in [2.45, 2.75) is 19.3 Å². The molecule has 0 atom stereocenters. The number of fused-ring (bicyclic) bond motifs is 9. The van der Waals surface area contributed by atoms with Gasteiger partial charge in [0.2, 0.25) is 0 Å². The monoisotopic (exact) mass is 693 g/mol. The zero-order chi connectivity index (χ0) is 36.0. The molecule has 0 N–H and O–H groups in total. The van der Waals surface area contributed by atoms with Crippen LogP contribution in [0, 0.1) is 0 Å². The van der Waals surface area contributed by atoms with Crippen LogP contribution in [0.4, 0.5) is 17.1 Å². The third kappa shape index (κ3) is 4.61. The number of hydrogen-bond acceptors (Lipinski definition) is 3. The summed E-state index contributed by atoms with van der Waals surface area (Å²) in [5.41, 5.74) is 16.5. The van der Waals surface area contributed by atoms with Gasteiger partial charge in [0, 0.05) is 50.0 Å². The molecule has 0 bridgehead atoms. The molecule has 0 spiro atoms. The van der Waals surface area contributed by atoms with Crippen molar-refractivity contribution in [3.05, 3.63) is 187 Å². The summed E-state index contributed by atoms with van der Waals surface area (Å²) in [4.78, 5) is 2.39. The van der Waals surface area contributed by atoms with Gasteiger partial charge >= 0.3 is 0 Å². The van der Waals surface area contributed by atoms with Crippen molar-refractivity contribution in [2.75, 3.05) is 4.90 Å². The molecule has 1 aliphatic rings. The van der Waals surface area contributed by atoms with Crippen LogP contribution in [-0.4, -0.2) is 0 Å². The number of rotatable bonds is 5. The van der Waals surface area contributed by atoms with Gasteiger partial charge in [0.1, 0.15) is 22.3 Å². The van der Waals surface area contributed by atoms with E-state index in [9.17, 15) is 0 Å². The Balaban J connectivity index is 1.09. The minimum atomic E-state index is -0.127. The van der Waals surface area contributed by atoms with Crippen molar-refractivity contribution in [3.63, 3.8) is 0 Å². The predicted octanol–water partition coefficient (Wildman–Crippen LogP) is 14.6. The first-order chi connectivity index (χ1) is 26.5. The summed E-state index contributed by atoms with van der Waals surface area (Å²) in [7, 11) is 0. The van der Waals surface area contributed by atoms with Crippen molar-refractivity contribution >= 4 is 60.9 Å². The smallest absolute Gasteiger partial charge is 0.137 e. The van der Waals surface area contributed by atoms with Crippen molar-refractivity contribution in [2.24, 2.45) is 0 Å². The Bertz CT molecular complexity index is 3080. The van der Waals surface area contributed by atoms with E-state index in [0.717, 1.165) is 72.1 Å². The Morgan fingerprint density at radius 3 is 1.74 bits per heavy atom. The molecule has 0 fully saturated rings. The third-order valence-electron chi connectivity index (χ3n) is 11.5. The van der Waals surface area contributed by atoms with E-state index in [0.29, 0.717) is 0 Å². The largest absolute Gasteiger partial charge is 0.456 e. The molecule has 0 amide bonds. The Morgan fingerprint density at radius 1 is 0.370 bits per heavy atom. The van der Waals surface area contributed by atoms with Gasteiger partial charge in [-0.2, -0.15) is 0 Å². The second-order valence-corrected chi connectivity index (χ2v) is 14.9. The maximum Gasteiger partial charge on any atom is 0.137 e. The highest BCUT2D eigenvalue weighted by atomic mass is 16.3. The summed E-state index contributed by atoms with van der Waals surface area (Å²) < 4.78 is 13.2. The zero-order valence-corrected chi connectivity index (χ0v) is 30.0. The number of furan rings is 2. The molecule has 1 aliphatic carbocycles. The second kappa shape index (κ2) is 11.6. The highest BCUT2D eigenvalue weighted by molar-refractivity contribution is 6.15. The van der Waals surface area contributed by atoms with Crippen LogP contribution in [0.2, 0.25) is 0 Å². The molecule has 256 valence electrons. The van der Waals surface area contributed by atoms with E-state index in [1.165, 1.54) is 33.4 Å². The van der Waals surface area contributed by atoms with Crippen molar-refractivity contribution < 1.29 is 8.83 Å². The Hall–Kier alpha value is -6.84. The number of nitrogens with zero attached hydrogens (tertiary/aromatic N) is 1. The topological polar surface area (TPSA) is 29.5 Å². The average Bonchev–Trinajstić information content (AvgIpc) is 3.84. The van der Waals surface area contributed by atoms with Crippen molar-refractivity contribution in [1.82, 2.24) is 0 Å². The van der Waals surface area contributed by atoms with Crippen LogP contribution in [-0.2, 0) is 5.41 Å². The molecular formula is C51H35NO2. The molecule has 2 aromatic heterocycles.